The van der Waals surface area contributed by atoms with Crippen LogP contribution in [0.4, 0.5) is 34.0 Å². The van der Waals surface area contributed by atoms with E-state index in [0.29, 0.717) is 43.9 Å². The largest absolute Gasteiger partial charge is 0.497 e. The number of hydrogen-bond acceptors (Lipinski definition) is 13. The zero-order chi connectivity index (χ0) is 52.9. The van der Waals surface area contributed by atoms with Crippen LogP contribution < -0.4 is 24.0 Å². The Labute approximate surface area is 435 Å². The lowest BCUT2D eigenvalue weighted by molar-refractivity contribution is -0.141. The van der Waals surface area contributed by atoms with Crippen LogP contribution in [0.1, 0.15) is 101 Å². The number of unbranched alkanes of at least 4 members (excludes halogenated alkanes) is 3. The van der Waals surface area contributed by atoms with Crippen LogP contribution in [0.2, 0.25) is 5.02 Å². The van der Waals surface area contributed by atoms with E-state index in [2.05, 4.69) is 9.88 Å². The van der Waals surface area contributed by atoms with E-state index in [1.54, 1.807) is 43.4 Å². The van der Waals surface area contributed by atoms with Gasteiger partial charge in [-0.25, -0.2) is 14.2 Å². The normalized spacial score (nSPS) is 18.0. The summed E-state index contributed by atoms with van der Waals surface area (Å²) in [6, 6.07) is 16.8. The summed E-state index contributed by atoms with van der Waals surface area (Å²) in [7, 11) is 4.51. The van der Waals surface area contributed by atoms with Crippen molar-refractivity contribution in [2.45, 2.75) is 128 Å². The molecule has 3 aromatic carbocycles. The second kappa shape index (κ2) is 23.2. The van der Waals surface area contributed by atoms with Gasteiger partial charge in [0.25, 0.3) is 0 Å². The highest BCUT2D eigenvalue weighted by molar-refractivity contribution is 6.34. The van der Waals surface area contributed by atoms with Crippen molar-refractivity contribution in [2.24, 2.45) is 0 Å². The van der Waals surface area contributed by atoms with Crippen LogP contribution in [0, 0.1) is 12.7 Å². The Kier molecular flexibility index (Phi) is 17.0. The summed E-state index contributed by atoms with van der Waals surface area (Å²) < 4.78 is 92.1. The number of likely N-dealkylation sites (tertiary alicyclic amines) is 1. The molecule has 3 aliphatic heterocycles. The number of aromatic nitrogens is 3. The standard InChI is InChI=1S/C55H66ClF4N7O7/c1-34-27-44(65(29-35-15-21-40(70-5)22-16-35)30-36-17-23-41(71-6)24-18-36)61-50(47(34)55(58,59)60)46-43(56)28-42-49(48(46)57)62-52(73-33-39-13-12-26-64(39)25-11-9-8-10-14-45(68)72-7)63-51(42)66-31-37-19-20-38(32-66)67(37)53(69)74-54(2,3)4/h15-18,21-24,27-28,37-39H,8-14,19-20,25-26,29-33H2,1-7H3. The zero-order valence-electron chi connectivity index (χ0n) is 43.2. The van der Waals surface area contributed by atoms with Crippen LogP contribution >= 0.6 is 11.6 Å². The first-order chi connectivity index (χ1) is 35.3. The zero-order valence-corrected chi connectivity index (χ0v) is 44.0. The number of esters is 1. The number of carbonyl (C=O) groups excluding carboxylic acids is 2. The Morgan fingerprint density at radius 2 is 1.45 bits per heavy atom. The average molecular weight is 1050 g/mol. The SMILES string of the molecule is COC(=O)CCCCCCN1CCCC1COc1nc(N2CC3CCC(C2)N3C(=O)OC(C)(C)C)c2cc(Cl)c(-c3nc(N(Cc4ccc(OC)cc4)Cc4ccc(OC)cc4)cc(C)c3C(F)(F)F)c(F)c2n1. The van der Waals surface area contributed by atoms with Gasteiger partial charge in [0, 0.05) is 44.0 Å². The number of fused-ring (bicyclic) bond motifs is 3. The summed E-state index contributed by atoms with van der Waals surface area (Å²) in [5.41, 5.74) is -1.93. The fourth-order valence-electron chi connectivity index (χ4n) is 10.4. The van der Waals surface area contributed by atoms with Crippen molar-refractivity contribution in [3.8, 4) is 28.8 Å². The number of halogens is 5. The molecule has 8 rings (SSSR count). The highest BCUT2D eigenvalue weighted by Crippen LogP contribution is 2.46. The lowest BCUT2D eigenvalue weighted by Gasteiger charge is -2.42. The Morgan fingerprint density at radius 1 is 0.824 bits per heavy atom. The summed E-state index contributed by atoms with van der Waals surface area (Å²) >= 11 is 7.08. The molecule has 398 valence electrons. The molecule has 5 aromatic rings. The molecule has 3 atom stereocenters. The molecule has 0 N–H and O–H groups in total. The number of benzene rings is 3. The highest BCUT2D eigenvalue weighted by Gasteiger charge is 2.46. The molecule has 3 unspecified atom stereocenters. The number of alkyl halides is 3. The first kappa shape index (κ1) is 54.1. The van der Waals surface area contributed by atoms with Crippen molar-refractivity contribution < 1.29 is 50.8 Å². The maximum Gasteiger partial charge on any atom is 0.418 e. The fraction of sp³-hybridized carbons (Fsp3) is 0.509. The Bertz CT molecular complexity index is 2720. The Hall–Kier alpha value is -6.14. The average Bonchev–Trinajstić information content (AvgIpc) is 3.93. The minimum atomic E-state index is -4.97. The van der Waals surface area contributed by atoms with Crippen molar-refractivity contribution in [1.82, 2.24) is 24.8 Å². The molecule has 19 heteroatoms. The summed E-state index contributed by atoms with van der Waals surface area (Å²) in [5, 5.41) is -0.146. The number of anilines is 2. The van der Waals surface area contributed by atoms with E-state index in [0.717, 1.165) is 62.7 Å². The van der Waals surface area contributed by atoms with Crippen molar-refractivity contribution in [2.75, 3.05) is 63.9 Å². The van der Waals surface area contributed by atoms with Crippen molar-refractivity contribution >= 4 is 46.2 Å². The van der Waals surface area contributed by atoms with Gasteiger partial charge >= 0.3 is 24.2 Å². The van der Waals surface area contributed by atoms with Gasteiger partial charge in [-0.2, -0.15) is 23.1 Å². The van der Waals surface area contributed by atoms with E-state index in [-0.39, 0.29) is 82.9 Å². The van der Waals surface area contributed by atoms with Gasteiger partial charge in [0.15, 0.2) is 5.82 Å². The maximum absolute atomic E-state index is 18.0. The Balaban J connectivity index is 1.19. The number of aryl methyl sites for hydroxylation is 1. The first-order valence-electron chi connectivity index (χ1n) is 25.3. The van der Waals surface area contributed by atoms with Crippen LogP contribution in [-0.2, 0) is 33.5 Å². The second-order valence-electron chi connectivity index (χ2n) is 20.4. The molecule has 14 nitrogen and oxygen atoms in total. The van der Waals surface area contributed by atoms with Crippen LogP contribution in [0.15, 0.2) is 60.7 Å². The molecule has 3 saturated heterocycles. The Morgan fingerprint density at radius 3 is 2.03 bits per heavy atom. The van der Waals surface area contributed by atoms with Crippen LogP contribution in [-0.4, -0.2) is 115 Å². The van der Waals surface area contributed by atoms with E-state index in [1.807, 2.05) is 54.8 Å². The third-order valence-corrected chi connectivity index (χ3v) is 14.3. The van der Waals surface area contributed by atoms with Crippen LogP contribution in [0.3, 0.4) is 0 Å². The third-order valence-electron chi connectivity index (χ3n) is 14.0. The van der Waals surface area contributed by atoms with E-state index >= 15 is 17.6 Å². The number of methoxy groups -OCH3 is 3. The molecule has 2 aromatic heterocycles. The van der Waals surface area contributed by atoms with Crippen molar-refractivity contribution in [3.05, 3.63) is 93.8 Å². The molecule has 2 bridgehead atoms. The quantitative estimate of drug-likeness (QED) is 0.0442. The van der Waals surface area contributed by atoms with Gasteiger partial charge in [0.05, 0.1) is 55.3 Å². The molecular weight excluding hydrogens is 982 g/mol. The predicted octanol–water partition coefficient (Wildman–Crippen LogP) is 11.6. The second-order valence-corrected chi connectivity index (χ2v) is 20.8. The number of nitrogens with zero attached hydrogens (tertiary/aromatic N) is 7. The first-order valence-corrected chi connectivity index (χ1v) is 25.7. The monoisotopic (exact) mass is 1050 g/mol. The lowest BCUT2D eigenvalue weighted by atomic mass is 9.98. The molecule has 0 radical (unpaired) electrons. The molecule has 0 saturated carbocycles. The molecule has 1 amide bonds. The molecule has 0 aliphatic carbocycles. The molecule has 5 heterocycles. The minimum absolute atomic E-state index is 0.00898. The van der Waals surface area contributed by atoms with Crippen molar-refractivity contribution in [3.63, 3.8) is 0 Å². The number of carbonyl (C=O) groups is 2. The number of pyridine rings is 1. The van der Waals surface area contributed by atoms with E-state index < -0.39 is 40.5 Å². The fourth-order valence-corrected chi connectivity index (χ4v) is 10.7. The summed E-state index contributed by atoms with van der Waals surface area (Å²) in [4.78, 5) is 47.2. The number of ether oxygens (including phenoxy) is 5. The van der Waals surface area contributed by atoms with Gasteiger partial charge < -0.3 is 33.5 Å². The molecule has 0 spiro atoms. The van der Waals surface area contributed by atoms with Gasteiger partial charge in [-0.3, -0.25) is 14.6 Å². The van der Waals surface area contributed by atoms with Gasteiger partial charge in [0.1, 0.15) is 40.9 Å². The van der Waals surface area contributed by atoms with E-state index in [9.17, 15) is 9.59 Å². The van der Waals surface area contributed by atoms with Gasteiger partial charge in [0.2, 0.25) is 0 Å². The van der Waals surface area contributed by atoms with Crippen molar-refractivity contribution in [1.29, 1.82) is 0 Å². The molecule has 3 fully saturated rings. The highest BCUT2D eigenvalue weighted by atomic mass is 35.5. The molecular formula is C55H66ClF4N7O7. The van der Waals surface area contributed by atoms with Gasteiger partial charge in [-0.15, -0.1) is 0 Å². The molecule has 74 heavy (non-hydrogen) atoms. The van der Waals surface area contributed by atoms with E-state index in [1.165, 1.54) is 26.2 Å². The smallest absolute Gasteiger partial charge is 0.418 e. The number of rotatable bonds is 19. The van der Waals surface area contributed by atoms with Crippen LogP contribution in [0.5, 0.6) is 17.5 Å². The predicted molar refractivity (Wildman–Crippen MR) is 276 cm³/mol. The summed E-state index contributed by atoms with van der Waals surface area (Å²) in [6.07, 6.45) is 1.73. The maximum atomic E-state index is 18.0. The van der Waals surface area contributed by atoms with Gasteiger partial charge in [-0.05, 0) is 132 Å². The lowest BCUT2D eigenvalue weighted by Crippen LogP contribution is -2.57. The van der Waals surface area contributed by atoms with Gasteiger partial charge in [-0.1, -0.05) is 48.7 Å². The third kappa shape index (κ3) is 12.7. The number of piperazine rings is 1. The minimum Gasteiger partial charge on any atom is -0.497 e. The van der Waals surface area contributed by atoms with E-state index in [4.69, 9.17) is 45.3 Å². The summed E-state index contributed by atoms with van der Waals surface area (Å²) in [6.45, 7) is 9.73. The number of hydrogen-bond donors (Lipinski definition) is 0. The topological polar surface area (TPSA) is 132 Å². The number of amides is 1. The summed E-state index contributed by atoms with van der Waals surface area (Å²) in [5.74, 6) is 0.379. The molecule has 3 aliphatic rings. The van der Waals surface area contributed by atoms with Crippen LogP contribution in [0.25, 0.3) is 22.2 Å².